The van der Waals surface area contributed by atoms with Gasteiger partial charge in [-0.3, -0.25) is 4.90 Å². The van der Waals surface area contributed by atoms with Crippen LogP contribution in [0.3, 0.4) is 0 Å². The van der Waals surface area contributed by atoms with Crippen LogP contribution in [0.15, 0.2) is 18.2 Å². The van der Waals surface area contributed by atoms with Crippen LogP contribution in [0, 0.1) is 0 Å². The minimum Gasteiger partial charge on any atom is -0.478 e. The van der Waals surface area contributed by atoms with E-state index in [0.717, 1.165) is 6.42 Å². The molecule has 17 heavy (non-hydrogen) atoms. The molecule has 2 rings (SSSR count). The van der Waals surface area contributed by atoms with Gasteiger partial charge in [0.25, 0.3) is 0 Å². The number of carboxylic acids is 1. The lowest BCUT2D eigenvalue weighted by atomic mass is 10.1. The number of carbonyl (C=O) groups is 2. The zero-order valence-electron chi connectivity index (χ0n) is 9.05. The van der Waals surface area contributed by atoms with Crippen molar-refractivity contribution in [2.24, 2.45) is 0 Å². The summed E-state index contributed by atoms with van der Waals surface area (Å²) in [6, 6.07) is 4.26. The SMILES string of the molecule is Nc1cc(C(=O)O)ccc1N1CCCOC1=O. The van der Waals surface area contributed by atoms with Crippen LogP contribution >= 0.6 is 0 Å². The molecule has 1 fully saturated rings. The molecule has 1 aliphatic heterocycles. The third-order valence-corrected chi connectivity index (χ3v) is 2.54. The number of hydrogen-bond acceptors (Lipinski definition) is 4. The zero-order chi connectivity index (χ0) is 12.4. The first-order valence-corrected chi connectivity index (χ1v) is 5.16. The Morgan fingerprint density at radius 3 is 2.82 bits per heavy atom. The number of anilines is 2. The number of carbonyl (C=O) groups excluding carboxylic acids is 1. The highest BCUT2D eigenvalue weighted by Crippen LogP contribution is 2.26. The number of amides is 1. The van der Waals surface area contributed by atoms with Gasteiger partial charge in [-0.2, -0.15) is 0 Å². The van der Waals surface area contributed by atoms with Gasteiger partial charge >= 0.3 is 12.1 Å². The van der Waals surface area contributed by atoms with E-state index in [4.69, 9.17) is 15.6 Å². The van der Waals surface area contributed by atoms with Crippen molar-refractivity contribution in [3.8, 4) is 0 Å². The molecule has 6 nitrogen and oxygen atoms in total. The largest absolute Gasteiger partial charge is 0.478 e. The van der Waals surface area contributed by atoms with Gasteiger partial charge in [0.1, 0.15) is 0 Å². The maximum Gasteiger partial charge on any atom is 0.414 e. The molecule has 1 amide bonds. The van der Waals surface area contributed by atoms with Crippen molar-refractivity contribution in [1.29, 1.82) is 0 Å². The van der Waals surface area contributed by atoms with Gasteiger partial charge in [-0.25, -0.2) is 9.59 Å². The number of ether oxygens (including phenoxy) is 1. The van der Waals surface area contributed by atoms with Crippen molar-refractivity contribution in [3.63, 3.8) is 0 Å². The first kappa shape index (κ1) is 11.3. The quantitative estimate of drug-likeness (QED) is 0.755. The maximum absolute atomic E-state index is 11.5. The van der Waals surface area contributed by atoms with Gasteiger partial charge in [-0.1, -0.05) is 0 Å². The molecule has 1 saturated heterocycles. The monoisotopic (exact) mass is 236 g/mol. The summed E-state index contributed by atoms with van der Waals surface area (Å²) in [5, 5.41) is 8.80. The molecule has 1 heterocycles. The summed E-state index contributed by atoms with van der Waals surface area (Å²) in [6.45, 7) is 0.928. The standard InChI is InChI=1S/C11H12N2O4/c12-8-6-7(10(14)15)2-3-9(8)13-4-1-5-17-11(13)16/h2-3,6H,1,4-5,12H2,(H,14,15). The summed E-state index contributed by atoms with van der Waals surface area (Å²) in [6.07, 6.45) is 0.275. The molecule has 90 valence electrons. The van der Waals surface area contributed by atoms with E-state index < -0.39 is 12.1 Å². The Labute approximate surface area is 97.6 Å². The fraction of sp³-hybridized carbons (Fsp3) is 0.273. The molecule has 0 aromatic heterocycles. The normalized spacial score (nSPS) is 15.5. The third-order valence-electron chi connectivity index (χ3n) is 2.54. The molecule has 0 radical (unpaired) electrons. The Morgan fingerprint density at radius 1 is 1.47 bits per heavy atom. The molecule has 0 saturated carbocycles. The number of nitrogens with zero attached hydrogens (tertiary/aromatic N) is 1. The lowest BCUT2D eigenvalue weighted by Gasteiger charge is -2.27. The Bertz CT molecular complexity index is 473. The van der Waals surface area contributed by atoms with Crippen molar-refractivity contribution >= 4 is 23.4 Å². The summed E-state index contributed by atoms with van der Waals surface area (Å²) >= 11 is 0. The Kier molecular flexibility index (Phi) is 2.86. The summed E-state index contributed by atoms with van der Waals surface area (Å²) in [4.78, 5) is 23.6. The van der Waals surface area contributed by atoms with Crippen LogP contribution in [0.5, 0.6) is 0 Å². The van der Waals surface area contributed by atoms with Gasteiger partial charge in [0.15, 0.2) is 0 Å². The lowest BCUT2D eigenvalue weighted by Crippen LogP contribution is -2.38. The maximum atomic E-state index is 11.5. The van der Waals surface area contributed by atoms with Crippen molar-refractivity contribution in [2.75, 3.05) is 23.8 Å². The van der Waals surface area contributed by atoms with Crippen molar-refractivity contribution in [2.45, 2.75) is 6.42 Å². The number of hydrogen-bond donors (Lipinski definition) is 2. The highest BCUT2D eigenvalue weighted by Gasteiger charge is 2.23. The van der Waals surface area contributed by atoms with E-state index in [1.165, 1.54) is 23.1 Å². The van der Waals surface area contributed by atoms with Gasteiger partial charge in [-0.15, -0.1) is 0 Å². The molecule has 1 aromatic rings. The van der Waals surface area contributed by atoms with Crippen LogP contribution < -0.4 is 10.6 Å². The summed E-state index contributed by atoms with van der Waals surface area (Å²) in [5.74, 6) is -1.05. The number of cyclic esters (lactones) is 1. The number of carboxylic acid groups (broad SMARTS) is 1. The number of rotatable bonds is 2. The molecule has 0 bridgehead atoms. The molecule has 1 aliphatic rings. The molecule has 0 unspecified atom stereocenters. The highest BCUT2D eigenvalue weighted by molar-refractivity contribution is 5.95. The number of nitrogens with two attached hydrogens (primary N) is 1. The van der Waals surface area contributed by atoms with E-state index >= 15 is 0 Å². The van der Waals surface area contributed by atoms with Crippen LogP contribution in [-0.2, 0) is 4.74 Å². The average molecular weight is 236 g/mol. The van der Waals surface area contributed by atoms with Gasteiger partial charge in [-0.05, 0) is 24.6 Å². The third kappa shape index (κ3) is 2.15. The zero-order valence-corrected chi connectivity index (χ0v) is 9.05. The van der Waals surface area contributed by atoms with E-state index in [-0.39, 0.29) is 11.3 Å². The molecule has 3 N–H and O–H groups in total. The fourth-order valence-corrected chi connectivity index (χ4v) is 1.70. The summed E-state index contributed by atoms with van der Waals surface area (Å²) in [5.41, 5.74) is 6.57. The minimum atomic E-state index is -1.05. The molecule has 0 aliphatic carbocycles. The molecular weight excluding hydrogens is 224 g/mol. The summed E-state index contributed by atoms with van der Waals surface area (Å²) < 4.78 is 4.89. The molecule has 1 aromatic carbocycles. The predicted molar refractivity (Wildman–Crippen MR) is 61.1 cm³/mol. The van der Waals surface area contributed by atoms with Gasteiger partial charge in [0, 0.05) is 6.54 Å². The Hall–Kier alpha value is -2.24. The summed E-state index contributed by atoms with van der Waals surface area (Å²) in [7, 11) is 0. The molecule has 6 heteroatoms. The smallest absolute Gasteiger partial charge is 0.414 e. The Balaban J connectivity index is 2.32. The van der Waals surface area contributed by atoms with Crippen LogP contribution in [0.25, 0.3) is 0 Å². The molecule has 0 atom stereocenters. The molecular formula is C11H12N2O4. The first-order valence-electron chi connectivity index (χ1n) is 5.16. The second kappa shape index (κ2) is 4.32. The average Bonchev–Trinajstić information content (AvgIpc) is 2.30. The number of nitrogen functional groups attached to an aromatic ring is 1. The first-order chi connectivity index (χ1) is 8.09. The van der Waals surface area contributed by atoms with E-state index in [2.05, 4.69) is 0 Å². The van der Waals surface area contributed by atoms with Crippen molar-refractivity contribution < 1.29 is 19.4 Å². The van der Waals surface area contributed by atoms with E-state index in [0.29, 0.717) is 18.8 Å². The minimum absolute atomic E-state index is 0.0941. The Morgan fingerprint density at radius 2 is 2.24 bits per heavy atom. The van der Waals surface area contributed by atoms with Crippen LogP contribution in [0.4, 0.5) is 16.2 Å². The van der Waals surface area contributed by atoms with Gasteiger partial charge in [0.05, 0.1) is 23.5 Å². The molecule has 0 spiro atoms. The van der Waals surface area contributed by atoms with E-state index in [1.807, 2.05) is 0 Å². The number of aromatic carboxylic acids is 1. The predicted octanol–water partition coefficient (Wildman–Crippen LogP) is 1.31. The van der Waals surface area contributed by atoms with Gasteiger partial charge in [0.2, 0.25) is 0 Å². The highest BCUT2D eigenvalue weighted by atomic mass is 16.6. The second-order valence-electron chi connectivity index (χ2n) is 3.70. The number of benzene rings is 1. The van der Waals surface area contributed by atoms with E-state index in [9.17, 15) is 9.59 Å². The van der Waals surface area contributed by atoms with Gasteiger partial charge < -0.3 is 15.6 Å². The fourth-order valence-electron chi connectivity index (χ4n) is 1.70. The van der Waals surface area contributed by atoms with Crippen molar-refractivity contribution in [3.05, 3.63) is 23.8 Å². The van der Waals surface area contributed by atoms with Crippen LogP contribution in [-0.4, -0.2) is 30.3 Å². The van der Waals surface area contributed by atoms with Crippen LogP contribution in [0.1, 0.15) is 16.8 Å². The lowest BCUT2D eigenvalue weighted by molar-refractivity contribution is 0.0697. The van der Waals surface area contributed by atoms with Crippen molar-refractivity contribution in [1.82, 2.24) is 0 Å². The topological polar surface area (TPSA) is 92.9 Å². The van der Waals surface area contributed by atoms with Crippen LogP contribution in [0.2, 0.25) is 0 Å². The van der Waals surface area contributed by atoms with E-state index in [1.54, 1.807) is 0 Å². The second-order valence-corrected chi connectivity index (χ2v) is 3.70.